The minimum Gasteiger partial charge on any atom is -0.394 e. The molecule has 14 heavy (non-hydrogen) atoms. The predicted molar refractivity (Wildman–Crippen MR) is 64.3 cm³/mol. The molecule has 0 aliphatic rings. The molecule has 0 rings (SSSR count). The molecule has 0 saturated heterocycles. The molecule has 4 heteroatoms. The van der Waals surface area contributed by atoms with Crippen LogP contribution in [0.4, 0.5) is 0 Å². The molecule has 0 aromatic carbocycles. The number of alkyl halides is 1. The summed E-state index contributed by atoms with van der Waals surface area (Å²) >= 11 is 5.64. The zero-order chi connectivity index (χ0) is 11.4. The van der Waals surface area contributed by atoms with Crippen LogP contribution in [0.2, 0.25) is 13.1 Å². The number of halogens is 1. The molecule has 0 bridgehead atoms. The molecule has 0 saturated carbocycles. The van der Waals surface area contributed by atoms with E-state index in [1.54, 1.807) is 0 Å². The van der Waals surface area contributed by atoms with E-state index in [1.165, 1.54) is 0 Å². The normalized spacial score (nSPS) is 17.1. The Hall–Kier alpha value is 0.427. The smallest absolute Gasteiger partial charge is 0.174 e. The molecule has 0 aliphatic carbocycles. The summed E-state index contributed by atoms with van der Waals surface area (Å²) in [6, 6.07) is 0. The number of hydrogen-bond acceptors (Lipinski definition) is 2. The summed E-state index contributed by atoms with van der Waals surface area (Å²) in [5.41, 5.74) is -0.254. The molecule has 0 heterocycles. The highest BCUT2D eigenvalue weighted by Crippen LogP contribution is 2.35. The Labute approximate surface area is 94.3 Å². The standard InChI is InChI=1S/C10H23ClO2Si/c1-9(2,3)10(12,7-6-8-11)13-14(4)5/h12,14H,6-8H2,1-5H3. The van der Waals surface area contributed by atoms with E-state index >= 15 is 0 Å². The maximum absolute atomic E-state index is 10.4. The van der Waals surface area contributed by atoms with Gasteiger partial charge in [0.2, 0.25) is 0 Å². The molecule has 0 spiro atoms. The second-order valence-electron chi connectivity index (χ2n) is 4.99. The van der Waals surface area contributed by atoms with Gasteiger partial charge < -0.3 is 9.53 Å². The lowest BCUT2D eigenvalue weighted by molar-refractivity contribution is -0.214. The SMILES string of the molecule is C[SiH](C)OC(O)(CCCCl)C(C)(C)C. The molecule has 0 aromatic heterocycles. The summed E-state index contributed by atoms with van der Waals surface area (Å²) in [7, 11) is -1.23. The first-order chi connectivity index (χ1) is 6.23. The molecule has 0 fully saturated rings. The van der Waals surface area contributed by atoms with Crippen LogP contribution < -0.4 is 0 Å². The van der Waals surface area contributed by atoms with Gasteiger partial charge in [-0.25, -0.2) is 0 Å². The zero-order valence-corrected chi connectivity index (χ0v) is 11.8. The lowest BCUT2D eigenvalue weighted by atomic mass is 9.83. The van der Waals surface area contributed by atoms with Crippen molar-refractivity contribution in [2.24, 2.45) is 5.41 Å². The summed E-state index contributed by atoms with van der Waals surface area (Å²) in [5.74, 6) is -0.441. The molecular formula is C10H23ClO2Si. The Kier molecular flexibility index (Phi) is 5.66. The van der Waals surface area contributed by atoms with Gasteiger partial charge in [-0.1, -0.05) is 20.8 Å². The Balaban J connectivity index is 4.50. The van der Waals surface area contributed by atoms with Crippen LogP contribution in [0, 0.1) is 5.41 Å². The van der Waals surface area contributed by atoms with Crippen LogP contribution in [0.15, 0.2) is 0 Å². The van der Waals surface area contributed by atoms with Crippen molar-refractivity contribution < 1.29 is 9.53 Å². The van der Waals surface area contributed by atoms with Gasteiger partial charge >= 0.3 is 0 Å². The van der Waals surface area contributed by atoms with Gasteiger partial charge in [0.05, 0.1) is 0 Å². The van der Waals surface area contributed by atoms with Crippen molar-refractivity contribution in [3.63, 3.8) is 0 Å². The lowest BCUT2D eigenvalue weighted by Crippen LogP contribution is -2.48. The largest absolute Gasteiger partial charge is 0.394 e. The maximum Gasteiger partial charge on any atom is 0.174 e. The molecule has 0 aliphatic heterocycles. The topological polar surface area (TPSA) is 29.5 Å². The molecule has 0 aromatic rings. The van der Waals surface area contributed by atoms with E-state index < -0.39 is 14.8 Å². The maximum atomic E-state index is 10.4. The monoisotopic (exact) mass is 238 g/mol. The lowest BCUT2D eigenvalue weighted by Gasteiger charge is -2.41. The summed E-state index contributed by atoms with van der Waals surface area (Å²) in [6.07, 6.45) is 1.40. The molecule has 1 unspecified atom stereocenters. The predicted octanol–water partition coefficient (Wildman–Crippen LogP) is 2.74. The van der Waals surface area contributed by atoms with Gasteiger partial charge in [-0.2, -0.15) is 0 Å². The van der Waals surface area contributed by atoms with Gasteiger partial charge in [0.15, 0.2) is 14.8 Å². The van der Waals surface area contributed by atoms with Gasteiger partial charge in [0.25, 0.3) is 0 Å². The fraction of sp³-hybridized carbons (Fsp3) is 1.00. The molecule has 2 nitrogen and oxygen atoms in total. The van der Waals surface area contributed by atoms with E-state index in [9.17, 15) is 5.11 Å². The number of rotatable bonds is 5. The van der Waals surface area contributed by atoms with Gasteiger partial charge in [-0.3, -0.25) is 0 Å². The third-order valence-electron chi connectivity index (χ3n) is 2.25. The molecule has 1 atom stereocenters. The van der Waals surface area contributed by atoms with Crippen LogP contribution in [0.25, 0.3) is 0 Å². The average molecular weight is 239 g/mol. The second kappa shape index (κ2) is 5.49. The van der Waals surface area contributed by atoms with Crippen LogP contribution in [-0.4, -0.2) is 25.8 Å². The van der Waals surface area contributed by atoms with E-state index in [1.807, 2.05) is 20.8 Å². The molecule has 0 amide bonds. The van der Waals surface area contributed by atoms with Gasteiger partial charge in [0.1, 0.15) is 0 Å². The summed E-state index contributed by atoms with van der Waals surface area (Å²) < 4.78 is 5.74. The van der Waals surface area contributed by atoms with Crippen molar-refractivity contribution in [1.29, 1.82) is 0 Å². The quantitative estimate of drug-likeness (QED) is 0.454. The van der Waals surface area contributed by atoms with Crippen molar-refractivity contribution >= 4 is 20.6 Å². The minimum absolute atomic E-state index is 0.254. The van der Waals surface area contributed by atoms with Crippen LogP contribution >= 0.6 is 11.6 Å². The van der Waals surface area contributed by atoms with Crippen LogP contribution in [0.3, 0.4) is 0 Å². The molecule has 1 N–H and O–H groups in total. The van der Waals surface area contributed by atoms with Crippen molar-refractivity contribution in [2.45, 2.75) is 52.5 Å². The van der Waals surface area contributed by atoms with Gasteiger partial charge in [-0.05, 0) is 19.5 Å². The fourth-order valence-electron chi connectivity index (χ4n) is 1.31. The third-order valence-corrected chi connectivity index (χ3v) is 3.38. The molecule has 86 valence electrons. The number of aliphatic hydroxyl groups is 1. The molecular weight excluding hydrogens is 216 g/mol. The van der Waals surface area contributed by atoms with Crippen molar-refractivity contribution in [3.05, 3.63) is 0 Å². The Morgan fingerprint density at radius 2 is 1.79 bits per heavy atom. The first-order valence-electron chi connectivity index (χ1n) is 5.19. The Morgan fingerprint density at radius 1 is 1.29 bits per heavy atom. The number of hydrogen-bond donors (Lipinski definition) is 1. The van der Waals surface area contributed by atoms with Crippen LogP contribution in [-0.2, 0) is 4.43 Å². The summed E-state index contributed by atoms with van der Waals surface area (Å²) in [4.78, 5) is 0. The average Bonchev–Trinajstić information content (AvgIpc) is 1.97. The van der Waals surface area contributed by atoms with Crippen molar-refractivity contribution in [3.8, 4) is 0 Å². The van der Waals surface area contributed by atoms with E-state index in [2.05, 4.69) is 13.1 Å². The molecule has 0 radical (unpaired) electrons. The van der Waals surface area contributed by atoms with Crippen molar-refractivity contribution in [2.75, 3.05) is 5.88 Å². The fourth-order valence-corrected chi connectivity index (χ4v) is 2.69. The van der Waals surface area contributed by atoms with E-state index in [-0.39, 0.29) is 5.41 Å². The van der Waals surface area contributed by atoms with E-state index in [0.29, 0.717) is 12.3 Å². The second-order valence-corrected chi connectivity index (χ2v) is 7.70. The van der Waals surface area contributed by atoms with Gasteiger partial charge in [-0.15, -0.1) is 11.6 Å². The van der Waals surface area contributed by atoms with Gasteiger partial charge in [0, 0.05) is 17.7 Å². The summed E-state index contributed by atoms with van der Waals surface area (Å²) in [5, 5.41) is 10.4. The Bertz CT molecular complexity index is 168. The highest BCUT2D eigenvalue weighted by Gasteiger charge is 2.40. The first kappa shape index (κ1) is 14.4. The highest BCUT2D eigenvalue weighted by molar-refractivity contribution is 6.48. The Morgan fingerprint density at radius 3 is 2.07 bits per heavy atom. The van der Waals surface area contributed by atoms with E-state index in [0.717, 1.165) is 6.42 Å². The van der Waals surface area contributed by atoms with Crippen LogP contribution in [0.1, 0.15) is 33.6 Å². The van der Waals surface area contributed by atoms with Crippen LogP contribution in [0.5, 0.6) is 0 Å². The first-order valence-corrected chi connectivity index (χ1v) is 8.50. The van der Waals surface area contributed by atoms with E-state index in [4.69, 9.17) is 16.0 Å². The zero-order valence-electron chi connectivity index (χ0n) is 9.93. The minimum atomic E-state index is -1.23. The third kappa shape index (κ3) is 4.30. The highest BCUT2D eigenvalue weighted by atomic mass is 35.5. The summed E-state index contributed by atoms with van der Waals surface area (Å²) in [6.45, 7) is 10.1. The van der Waals surface area contributed by atoms with Crippen molar-refractivity contribution in [1.82, 2.24) is 0 Å².